The van der Waals surface area contributed by atoms with Crippen LogP contribution in [0.2, 0.25) is 0 Å². The average Bonchev–Trinajstić information content (AvgIpc) is 2.99. The first-order valence-electron chi connectivity index (χ1n) is 6.71. The van der Waals surface area contributed by atoms with Crippen LogP contribution in [0.4, 0.5) is 4.39 Å². The van der Waals surface area contributed by atoms with Gasteiger partial charge < -0.3 is 10.6 Å². The van der Waals surface area contributed by atoms with Gasteiger partial charge in [0.15, 0.2) is 5.96 Å². The van der Waals surface area contributed by atoms with E-state index in [1.54, 1.807) is 43.6 Å². The van der Waals surface area contributed by atoms with Gasteiger partial charge in [0.25, 0.3) is 0 Å². The molecule has 0 radical (unpaired) electrons. The zero-order valence-electron chi connectivity index (χ0n) is 12.8. The van der Waals surface area contributed by atoms with Crippen molar-refractivity contribution in [2.45, 2.75) is 26.4 Å². The molecule has 0 aliphatic heterocycles. The maximum absolute atomic E-state index is 13.6. The first-order chi connectivity index (χ1) is 10.1. The summed E-state index contributed by atoms with van der Waals surface area (Å²) in [6.07, 6.45) is 1.77. The van der Waals surface area contributed by atoms with Gasteiger partial charge in [-0.1, -0.05) is 12.1 Å². The predicted molar refractivity (Wildman–Crippen MR) is 100 cm³/mol. The molecule has 0 aliphatic rings. The second-order valence-corrected chi connectivity index (χ2v) is 5.71. The Hall–Kier alpha value is -1.22. The number of rotatable bonds is 4. The minimum atomic E-state index is -0.188. The maximum Gasteiger partial charge on any atom is 0.191 e. The summed E-state index contributed by atoms with van der Waals surface area (Å²) in [7, 11) is 1.71. The number of nitrogens with one attached hydrogen (secondary N) is 2. The van der Waals surface area contributed by atoms with Crippen LogP contribution >= 0.6 is 35.3 Å². The van der Waals surface area contributed by atoms with E-state index >= 15 is 0 Å². The molecule has 1 heterocycles. The van der Waals surface area contributed by atoms with Crippen LogP contribution in [-0.4, -0.2) is 18.0 Å². The Morgan fingerprint density at radius 2 is 2.23 bits per heavy atom. The molecule has 1 aromatic heterocycles. The van der Waals surface area contributed by atoms with Crippen molar-refractivity contribution in [1.29, 1.82) is 0 Å². The fraction of sp³-hybridized carbons (Fsp3) is 0.333. The molecule has 0 fully saturated rings. The van der Waals surface area contributed by atoms with Crippen molar-refractivity contribution in [3.05, 3.63) is 51.7 Å². The summed E-state index contributed by atoms with van der Waals surface area (Å²) in [6.45, 7) is 4.35. The number of guanidine groups is 1. The zero-order chi connectivity index (χ0) is 15.2. The summed E-state index contributed by atoms with van der Waals surface area (Å²) in [5, 5.41) is 9.36. The number of aryl methyl sites for hydroxylation is 1. The number of hydrogen-bond donors (Lipinski definition) is 2. The fourth-order valence-corrected chi connectivity index (χ4v) is 2.42. The van der Waals surface area contributed by atoms with Crippen molar-refractivity contribution in [3.8, 4) is 0 Å². The van der Waals surface area contributed by atoms with Crippen molar-refractivity contribution in [2.75, 3.05) is 7.05 Å². The number of halogens is 2. The Kier molecular flexibility index (Phi) is 7.74. The number of benzene rings is 1. The van der Waals surface area contributed by atoms with Crippen LogP contribution in [0.5, 0.6) is 0 Å². The van der Waals surface area contributed by atoms with Gasteiger partial charge in [0.2, 0.25) is 0 Å². The molecule has 1 atom stereocenters. The molecular formula is C15H20FIN4S. The quantitative estimate of drug-likeness (QED) is 0.439. The smallest absolute Gasteiger partial charge is 0.191 e. The lowest BCUT2D eigenvalue weighted by Gasteiger charge is -2.18. The molecule has 1 aromatic carbocycles. The van der Waals surface area contributed by atoms with Crippen LogP contribution in [0.15, 0.2) is 34.8 Å². The molecule has 2 rings (SSSR count). The van der Waals surface area contributed by atoms with Gasteiger partial charge in [-0.05, 0) is 31.0 Å². The third-order valence-corrected chi connectivity index (χ3v) is 3.94. The van der Waals surface area contributed by atoms with E-state index < -0.39 is 0 Å². The van der Waals surface area contributed by atoms with Crippen molar-refractivity contribution in [1.82, 2.24) is 15.6 Å². The van der Waals surface area contributed by atoms with Gasteiger partial charge in [-0.3, -0.25) is 4.99 Å². The monoisotopic (exact) mass is 434 g/mol. The number of thiazole rings is 1. The first-order valence-corrected chi connectivity index (χ1v) is 7.59. The van der Waals surface area contributed by atoms with Gasteiger partial charge in [-0.15, -0.1) is 35.3 Å². The molecule has 0 amide bonds. The Bertz CT molecular complexity index is 616. The molecule has 0 saturated carbocycles. The summed E-state index contributed by atoms with van der Waals surface area (Å²) in [5.74, 6) is 0.477. The second-order valence-electron chi connectivity index (χ2n) is 4.73. The van der Waals surface area contributed by atoms with Crippen LogP contribution in [0.3, 0.4) is 0 Å². The number of nitrogens with zero attached hydrogens (tertiary/aromatic N) is 2. The van der Waals surface area contributed by atoms with Crippen LogP contribution in [0.25, 0.3) is 0 Å². The van der Waals surface area contributed by atoms with Gasteiger partial charge >= 0.3 is 0 Å². The highest BCUT2D eigenvalue weighted by molar-refractivity contribution is 14.0. The lowest BCUT2D eigenvalue weighted by atomic mass is 10.1. The number of aromatic nitrogens is 1. The number of hydrogen-bond acceptors (Lipinski definition) is 3. The summed E-state index contributed by atoms with van der Waals surface area (Å²) >= 11 is 1.59. The third kappa shape index (κ3) is 5.20. The highest BCUT2D eigenvalue weighted by Crippen LogP contribution is 2.16. The fourth-order valence-electron chi connectivity index (χ4n) is 1.86. The van der Waals surface area contributed by atoms with Crippen LogP contribution in [-0.2, 0) is 6.54 Å². The Labute approximate surface area is 151 Å². The molecule has 120 valence electrons. The highest BCUT2D eigenvalue weighted by atomic mass is 127. The summed E-state index contributed by atoms with van der Waals surface area (Å²) < 4.78 is 13.6. The summed E-state index contributed by atoms with van der Waals surface area (Å²) in [6, 6.07) is 5.22. The van der Waals surface area contributed by atoms with Gasteiger partial charge in [-0.2, -0.15) is 0 Å². The number of aliphatic imine (C=N–C) groups is 1. The summed E-state index contributed by atoms with van der Waals surface area (Å²) in [5.41, 5.74) is 1.53. The molecule has 0 spiro atoms. The van der Waals surface area contributed by atoms with E-state index in [0.717, 1.165) is 10.6 Å². The van der Waals surface area contributed by atoms with Crippen molar-refractivity contribution in [2.24, 2.45) is 4.99 Å². The molecule has 4 nitrogen and oxygen atoms in total. The van der Waals surface area contributed by atoms with E-state index in [1.165, 1.54) is 0 Å². The van der Waals surface area contributed by atoms with Gasteiger partial charge in [0.1, 0.15) is 10.8 Å². The van der Waals surface area contributed by atoms with E-state index in [1.807, 2.05) is 18.4 Å². The van der Waals surface area contributed by atoms with Crippen molar-refractivity contribution in [3.63, 3.8) is 0 Å². The second kappa shape index (κ2) is 9.04. The van der Waals surface area contributed by atoms with Gasteiger partial charge in [0, 0.05) is 18.6 Å². The Balaban J connectivity index is 0.00000242. The molecule has 0 saturated heterocycles. The molecule has 2 N–H and O–H groups in total. The highest BCUT2D eigenvalue weighted by Gasteiger charge is 2.10. The van der Waals surface area contributed by atoms with E-state index in [4.69, 9.17) is 0 Å². The van der Waals surface area contributed by atoms with Gasteiger partial charge in [0.05, 0.1) is 12.6 Å². The average molecular weight is 434 g/mol. The topological polar surface area (TPSA) is 49.3 Å². The molecule has 1 unspecified atom stereocenters. The van der Waals surface area contributed by atoms with Crippen LogP contribution < -0.4 is 10.6 Å². The van der Waals surface area contributed by atoms with E-state index in [2.05, 4.69) is 20.6 Å². The first kappa shape index (κ1) is 18.8. The Morgan fingerprint density at radius 3 is 2.82 bits per heavy atom. The zero-order valence-corrected chi connectivity index (χ0v) is 15.9. The molecule has 0 aliphatic carbocycles. The Morgan fingerprint density at radius 1 is 1.45 bits per heavy atom. The lowest BCUT2D eigenvalue weighted by molar-refractivity contribution is 0.607. The van der Waals surface area contributed by atoms with E-state index in [9.17, 15) is 4.39 Å². The molecular weight excluding hydrogens is 414 g/mol. The van der Waals surface area contributed by atoms with Crippen molar-refractivity contribution >= 4 is 41.3 Å². The predicted octanol–water partition coefficient (Wildman–Crippen LogP) is 3.63. The largest absolute Gasteiger partial charge is 0.350 e. The minimum Gasteiger partial charge on any atom is -0.350 e. The van der Waals surface area contributed by atoms with Crippen LogP contribution in [0.1, 0.15) is 29.1 Å². The van der Waals surface area contributed by atoms with Crippen molar-refractivity contribution < 1.29 is 4.39 Å². The van der Waals surface area contributed by atoms with Crippen LogP contribution in [0, 0.1) is 12.7 Å². The molecule has 22 heavy (non-hydrogen) atoms. The summed E-state index contributed by atoms with van der Waals surface area (Å²) in [4.78, 5) is 8.38. The minimum absolute atomic E-state index is 0. The molecule has 2 aromatic rings. The normalized spacial score (nSPS) is 12.5. The SMILES string of the molecule is CN=C(NCc1nccs1)NC(C)c1ccc(C)c(F)c1.I. The molecule has 7 heteroatoms. The van der Waals surface area contributed by atoms with E-state index in [-0.39, 0.29) is 35.8 Å². The van der Waals surface area contributed by atoms with Gasteiger partial charge in [-0.25, -0.2) is 9.37 Å². The lowest BCUT2D eigenvalue weighted by Crippen LogP contribution is -2.38. The molecule has 0 bridgehead atoms. The maximum atomic E-state index is 13.6. The van der Waals surface area contributed by atoms with E-state index in [0.29, 0.717) is 18.1 Å². The standard InChI is InChI=1S/C15H19FN4S.HI/c1-10-4-5-12(8-13(10)16)11(2)20-15(17-3)19-9-14-18-6-7-21-14;/h4-8,11H,9H2,1-3H3,(H2,17,19,20);1H. The third-order valence-electron chi connectivity index (χ3n) is 3.16.